The number of nitrogens with zero attached hydrogens (tertiary/aromatic N) is 1. The number of carbonyl (C=O) groups excluding carboxylic acids is 1. The second kappa shape index (κ2) is 10.5. The summed E-state index contributed by atoms with van der Waals surface area (Å²) in [6, 6.07) is 15.5. The number of benzene rings is 2. The first-order valence-electron chi connectivity index (χ1n) is 9.38. The van der Waals surface area contributed by atoms with Gasteiger partial charge in [-0.1, -0.05) is 41.9 Å². The molecule has 0 aromatic heterocycles. The molecule has 2 aromatic carbocycles. The molecule has 1 amide bonds. The van der Waals surface area contributed by atoms with E-state index in [1.54, 1.807) is 18.2 Å². The Kier molecular flexibility index (Phi) is 8.61. The molecule has 0 aliphatic carbocycles. The van der Waals surface area contributed by atoms with E-state index < -0.39 is 0 Å². The summed E-state index contributed by atoms with van der Waals surface area (Å²) >= 11 is 6.19. The zero-order chi connectivity index (χ0) is 18.8. The van der Waals surface area contributed by atoms with Gasteiger partial charge in [-0.3, -0.25) is 4.79 Å². The van der Waals surface area contributed by atoms with Gasteiger partial charge in [-0.2, -0.15) is 0 Å². The zero-order valence-electron chi connectivity index (χ0n) is 15.9. The van der Waals surface area contributed by atoms with E-state index in [0.717, 1.165) is 19.6 Å². The maximum absolute atomic E-state index is 13.5. The first-order valence-corrected chi connectivity index (χ1v) is 9.76. The van der Waals surface area contributed by atoms with Crippen molar-refractivity contribution in [1.82, 2.24) is 10.2 Å². The van der Waals surface area contributed by atoms with E-state index in [1.165, 1.54) is 5.56 Å². The van der Waals surface area contributed by atoms with E-state index in [1.807, 2.05) is 23.1 Å². The standard InChI is InChI=1S/C21H24ClN3O2.2ClH/c22-16-6-7-19(27-9-8-23)17(10-16)21(26)25-13-15-11-24-12-18(15)20(25)14-4-2-1-3-5-14;;/h1-7,10,15,18,20,24H,8-9,11-13,23H2;2*1H/t15-,18-,20+;;/m0../s1. The van der Waals surface area contributed by atoms with E-state index in [-0.39, 0.29) is 36.8 Å². The Bertz CT molecular complexity index is 822. The summed E-state index contributed by atoms with van der Waals surface area (Å²) in [5, 5.41) is 4.00. The number of nitrogens with two attached hydrogens (primary N) is 1. The van der Waals surface area contributed by atoms with Crippen molar-refractivity contribution >= 4 is 42.3 Å². The molecule has 2 saturated heterocycles. The van der Waals surface area contributed by atoms with Gasteiger partial charge in [0.05, 0.1) is 11.6 Å². The minimum Gasteiger partial charge on any atom is -0.491 e. The normalized spacial score (nSPS) is 22.4. The van der Waals surface area contributed by atoms with Crippen molar-refractivity contribution in [2.24, 2.45) is 17.6 Å². The number of amides is 1. The van der Waals surface area contributed by atoms with Crippen LogP contribution in [-0.2, 0) is 0 Å². The van der Waals surface area contributed by atoms with Crippen LogP contribution in [-0.4, -0.2) is 43.6 Å². The molecule has 0 saturated carbocycles. The first kappa shape index (κ1) is 23.8. The summed E-state index contributed by atoms with van der Waals surface area (Å²) in [6.45, 7) is 3.37. The second-order valence-corrected chi connectivity index (χ2v) is 7.61. The zero-order valence-corrected chi connectivity index (χ0v) is 18.3. The van der Waals surface area contributed by atoms with Crippen molar-refractivity contribution in [3.63, 3.8) is 0 Å². The number of carbonyl (C=O) groups is 1. The maximum Gasteiger partial charge on any atom is 0.258 e. The number of ether oxygens (including phenoxy) is 1. The average Bonchev–Trinajstić information content (AvgIpc) is 3.28. The van der Waals surface area contributed by atoms with Gasteiger partial charge >= 0.3 is 0 Å². The molecule has 2 heterocycles. The van der Waals surface area contributed by atoms with Crippen LogP contribution in [0.5, 0.6) is 5.75 Å². The van der Waals surface area contributed by atoms with Gasteiger partial charge in [0.2, 0.25) is 0 Å². The van der Waals surface area contributed by atoms with Crippen LogP contribution in [0.15, 0.2) is 48.5 Å². The van der Waals surface area contributed by atoms with E-state index in [2.05, 4.69) is 17.4 Å². The number of halogens is 3. The van der Waals surface area contributed by atoms with Crippen LogP contribution < -0.4 is 15.8 Å². The molecule has 2 aliphatic heterocycles. The van der Waals surface area contributed by atoms with Crippen molar-refractivity contribution in [3.05, 3.63) is 64.7 Å². The lowest BCUT2D eigenvalue weighted by Gasteiger charge is -2.29. The molecule has 2 fully saturated rings. The highest BCUT2D eigenvalue weighted by atomic mass is 35.5. The summed E-state index contributed by atoms with van der Waals surface area (Å²) in [7, 11) is 0. The predicted molar refractivity (Wildman–Crippen MR) is 121 cm³/mol. The Hall–Kier alpha value is -1.50. The molecule has 8 heteroatoms. The van der Waals surface area contributed by atoms with Gasteiger partial charge in [0, 0.05) is 37.1 Å². The minimum absolute atomic E-state index is 0. The van der Waals surface area contributed by atoms with Gasteiger partial charge in [0.1, 0.15) is 12.4 Å². The lowest BCUT2D eigenvalue weighted by molar-refractivity contribution is 0.0709. The SMILES string of the molecule is Cl.Cl.NCCOc1ccc(Cl)cc1C(=O)N1C[C@@H]2CNC[C@@H]2[C@H]1c1ccccc1. The number of fused-ring (bicyclic) bond motifs is 1. The van der Waals surface area contributed by atoms with Crippen LogP contribution >= 0.6 is 36.4 Å². The molecule has 2 aromatic rings. The Labute approximate surface area is 188 Å². The van der Waals surface area contributed by atoms with Gasteiger partial charge in [-0.25, -0.2) is 0 Å². The Morgan fingerprint density at radius 3 is 2.66 bits per heavy atom. The maximum atomic E-state index is 13.5. The highest BCUT2D eigenvalue weighted by Crippen LogP contribution is 2.43. The fourth-order valence-electron chi connectivity index (χ4n) is 4.33. The molecular weight excluding hydrogens is 433 g/mol. The monoisotopic (exact) mass is 457 g/mol. The Balaban J connectivity index is 0.00000150. The molecular formula is C21H26Cl3N3O2. The molecule has 158 valence electrons. The fourth-order valence-corrected chi connectivity index (χ4v) is 4.50. The van der Waals surface area contributed by atoms with Gasteiger partial charge in [0.15, 0.2) is 0 Å². The quantitative estimate of drug-likeness (QED) is 0.719. The Morgan fingerprint density at radius 2 is 1.93 bits per heavy atom. The predicted octanol–water partition coefficient (Wildman–Crippen LogP) is 3.55. The van der Waals surface area contributed by atoms with Crippen molar-refractivity contribution < 1.29 is 9.53 Å². The van der Waals surface area contributed by atoms with E-state index >= 15 is 0 Å². The summed E-state index contributed by atoms with van der Waals surface area (Å²) in [4.78, 5) is 15.5. The van der Waals surface area contributed by atoms with Crippen molar-refractivity contribution in [2.75, 3.05) is 32.8 Å². The lowest BCUT2D eigenvalue weighted by atomic mass is 9.89. The van der Waals surface area contributed by atoms with Gasteiger partial charge < -0.3 is 20.7 Å². The lowest BCUT2D eigenvalue weighted by Crippen LogP contribution is -2.35. The summed E-state index contributed by atoms with van der Waals surface area (Å²) in [5.74, 6) is 1.39. The van der Waals surface area contributed by atoms with Crippen LogP contribution in [0.1, 0.15) is 22.0 Å². The number of hydrogen-bond donors (Lipinski definition) is 2. The van der Waals surface area contributed by atoms with E-state index in [9.17, 15) is 4.79 Å². The van der Waals surface area contributed by atoms with Crippen LogP contribution in [0.2, 0.25) is 5.02 Å². The van der Waals surface area contributed by atoms with Crippen molar-refractivity contribution in [1.29, 1.82) is 0 Å². The van der Waals surface area contributed by atoms with Gasteiger partial charge in [0.25, 0.3) is 5.91 Å². The second-order valence-electron chi connectivity index (χ2n) is 7.17. The molecule has 0 unspecified atom stereocenters. The molecule has 3 atom stereocenters. The highest BCUT2D eigenvalue weighted by Gasteiger charge is 2.47. The van der Waals surface area contributed by atoms with E-state index in [4.69, 9.17) is 22.1 Å². The number of hydrogen-bond acceptors (Lipinski definition) is 4. The summed E-state index contributed by atoms with van der Waals surface area (Å²) in [5.41, 5.74) is 7.24. The minimum atomic E-state index is -0.0345. The first-order chi connectivity index (χ1) is 13.2. The summed E-state index contributed by atoms with van der Waals surface area (Å²) in [6.07, 6.45) is 0. The van der Waals surface area contributed by atoms with Crippen LogP contribution in [0.3, 0.4) is 0 Å². The molecule has 0 spiro atoms. The largest absolute Gasteiger partial charge is 0.491 e. The molecule has 0 radical (unpaired) electrons. The molecule has 3 N–H and O–H groups in total. The number of rotatable bonds is 5. The Morgan fingerprint density at radius 1 is 1.17 bits per heavy atom. The number of likely N-dealkylation sites (tertiary alicyclic amines) is 1. The molecule has 0 bridgehead atoms. The van der Waals surface area contributed by atoms with Crippen LogP contribution in [0.4, 0.5) is 0 Å². The third-order valence-corrected chi connectivity index (χ3v) is 5.75. The molecule has 29 heavy (non-hydrogen) atoms. The van der Waals surface area contributed by atoms with Crippen LogP contribution in [0.25, 0.3) is 0 Å². The third kappa shape index (κ3) is 4.81. The smallest absolute Gasteiger partial charge is 0.258 e. The van der Waals surface area contributed by atoms with Gasteiger partial charge in [-0.15, -0.1) is 24.8 Å². The topological polar surface area (TPSA) is 67.6 Å². The molecule has 4 rings (SSSR count). The summed E-state index contributed by atoms with van der Waals surface area (Å²) < 4.78 is 5.71. The van der Waals surface area contributed by atoms with Crippen molar-refractivity contribution in [3.8, 4) is 5.75 Å². The molecule has 2 aliphatic rings. The fraction of sp³-hybridized carbons (Fsp3) is 0.381. The van der Waals surface area contributed by atoms with Crippen LogP contribution in [0, 0.1) is 11.8 Å². The van der Waals surface area contributed by atoms with E-state index in [0.29, 0.717) is 41.3 Å². The van der Waals surface area contributed by atoms with Crippen molar-refractivity contribution in [2.45, 2.75) is 6.04 Å². The number of nitrogens with one attached hydrogen (secondary N) is 1. The highest BCUT2D eigenvalue weighted by molar-refractivity contribution is 6.31. The average molecular weight is 459 g/mol. The van der Waals surface area contributed by atoms with Gasteiger partial charge in [-0.05, 0) is 29.7 Å². The molecule has 5 nitrogen and oxygen atoms in total. The third-order valence-electron chi connectivity index (χ3n) is 5.51.